The predicted molar refractivity (Wildman–Crippen MR) is 113 cm³/mol. The van der Waals surface area contributed by atoms with Crippen LogP contribution in [-0.2, 0) is 4.74 Å². The summed E-state index contributed by atoms with van der Waals surface area (Å²) in [5, 5.41) is 15.1. The fourth-order valence-corrected chi connectivity index (χ4v) is 6.10. The van der Waals surface area contributed by atoms with E-state index in [4.69, 9.17) is 4.74 Å². The Morgan fingerprint density at radius 3 is 1.59 bits per heavy atom. The first-order valence-corrected chi connectivity index (χ1v) is 10.2. The van der Waals surface area contributed by atoms with Crippen LogP contribution in [0, 0.1) is 27.6 Å². The van der Waals surface area contributed by atoms with E-state index in [0.29, 0.717) is 0 Å². The molecule has 1 fully saturated rings. The summed E-state index contributed by atoms with van der Waals surface area (Å²) in [5.74, 6) is 0.0241. The number of rotatable bonds is 1. The van der Waals surface area contributed by atoms with Crippen LogP contribution in [0.4, 0.5) is 4.79 Å². The highest BCUT2D eigenvalue weighted by molar-refractivity contribution is 5.69. The largest absolute Gasteiger partial charge is 0.444 e. The maximum absolute atomic E-state index is 12.8. The quantitative estimate of drug-likeness (QED) is 0.604. The number of ether oxygens (including phenoxy) is 1. The number of hydrogen-bond donors (Lipinski definition) is 2. The van der Waals surface area contributed by atoms with Crippen molar-refractivity contribution in [1.82, 2.24) is 5.32 Å². The lowest BCUT2D eigenvalue weighted by atomic mass is 9.34. The van der Waals surface area contributed by atoms with Crippen molar-refractivity contribution in [3.05, 3.63) is 0 Å². The van der Waals surface area contributed by atoms with Crippen molar-refractivity contribution >= 4 is 6.09 Å². The second kappa shape index (κ2) is 6.11. The van der Waals surface area contributed by atoms with Gasteiger partial charge in [-0.15, -0.1) is 0 Å². The average molecular weight is 384 g/mol. The number of carbonyl (C=O) groups excluding carboxylic acids is 1. The minimum atomic E-state index is -1.01. The van der Waals surface area contributed by atoms with Gasteiger partial charge in [0, 0.05) is 5.41 Å². The second-order valence-electron chi connectivity index (χ2n) is 12.7. The minimum absolute atomic E-state index is 0.0241. The van der Waals surface area contributed by atoms with Crippen LogP contribution in [0.2, 0.25) is 0 Å². The van der Waals surface area contributed by atoms with Gasteiger partial charge in [-0.25, -0.2) is 4.79 Å². The van der Waals surface area contributed by atoms with Crippen molar-refractivity contribution in [2.75, 3.05) is 0 Å². The van der Waals surface area contributed by atoms with E-state index in [-0.39, 0.29) is 22.2 Å². The van der Waals surface area contributed by atoms with E-state index in [2.05, 4.69) is 74.6 Å². The van der Waals surface area contributed by atoms with Gasteiger partial charge in [-0.1, -0.05) is 62.3 Å². The molecule has 1 amide bonds. The summed E-state index contributed by atoms with van der Waals surface area (Å²) < 4.78 is 5.59. The van der Waals surface area contributed by atoms with E-state index >= 15 is 0 Å². The molecule has 2 N–H and O–H groups in total. The molecule has 0 aliphatic heterocycles. The van der Waals surface area contributed by atoms with Gasteiger partial charge in [-0.3, -0.25) is 0 Å². The SMILES string of the molecule is CC(C)(C)OC(=O)N[C@]1(C)C(C)(C)C(C)(C)[C@@H](C(C)(C)C)[C@](C)(O)C1(C)C. The summed E-state index contributed by atoms with van der Waals surface area (Å²) in [7, 11) is 0. The van der Waals surface area contributed by atoms with Crippen molar-refractivity contribution in [1.29, 1.82) is 0 Å². The zero-order chi connectivity index (χ0) is 22.1. The first-order chi connectivity index (χ1) is 11.5. The van der Waals surface area contributed by atoms with Crippen LogP contribution >= 0.6 is 0 Å². The van der Waals surface area contributed by atoms with E-state index in [1.807, 2.05) is 27.7 Å². The van der Waals surface area contributed by atoms with Crippen LogP contribution in [0.3, 0.4) is 0 Å². The van der Waals surface area contributed by atoms with E-state index in [1.165, 1.54) is 0 Å². The highest BCUT2D eigenvalue weighted by Crippen LogP contribution is 2.70. The highest BCUT2D eigenvalue weighted by atomic mass is 16.6. The Hall–Kier alpha value is -0.770. The molecule has 4 nitrogen and oxygen atoms in total. The molecule has 0 bridgehead atoms. The number of nitrogens with one attached hydrogen (secondary N) is 1. The number of amides is 1. The van der Waals surface area contributed by atoms with Crippen LogP contribution in [0.15, 0.2) is 0 Å². The molecule has 0 unspecified atom stereocenters. The van der Waals surface area contributed by atoms with Crippen molar-refractivity contribution in [2.45, 2.75) is 114 Å². The molecule has 0 aromatic rings. The maximum atomic E-state index is 12.8. The lowest BCUT2D eigenvalue weighted by Crippen LogP contribution is -2.81. The van der Waals surface area contributed by atoms with Crippen molar-refractivity contribution in [3.63, 3.8) is 0 Å². The summed E-state index contributed by atoms with van der Waals surface area (Å²) in [6, 6.07) is 0. The fourth-order valence-electron chi connectivity index (χ4n) is 6.10. The van der Waals surface area contributed by atoms with Crippen molar-refractivity contribution in [3.8, 4) is 0 Å². The molecule has 160 valence electrons. The first kappa shape index (κ1) is 24.3. The zero-order valence-electron chi connectivity index (χ0n) is 20.3. The van der Waals surface area contributed by atoms with Gasteiger partial charge < -0.3 is 15.2 Å². The second-order valence-corrected chi connectivity index (χ2v) is 12.7. The summed E-state index contributed by atoms with van der Waals surface area (Å²) in [6.07, 6.45) is -0.438. The number of alkyl carbamates (subject to hydrolysis) is 1. The smallest absolute Gasteiger partial charge is 0.408 e. The zero-order valence-corrected chi connectivity index (χ0v) is 20.3. The third kappa shape index (κ3) is 3.41. The third-order valence-corrected chi connectivity index (χ3v) is 8.28. The lowest BCUT2D eigenvalue weighted by molar-refractivity contribution is -0.283. The molecule has 1 rings (SSSR count). The van der Waals surface area contributed by atoms with Gasteiger partial charge in [0.25, 0.3) is 0 Å². The summed E-state index contributed by atoms with van der Waals surface area (Å²) >= 11 is 0. The molecule has 0 radical (unpaired) electrons. The first-order valence-electron chi connectivity index (χ1n) is 10.2. The Kier molecular flexibility index (Phi) is 5.49. The molecular formula is C23H45NO3. The lowest BCUT2D eigenvalue weighted by Gasteiger charge is -2.74. The number of hydrogen-bond acceptors (Lipinski definition) is 3. The molecule has 4 heteroatoms. The topological polar surface area (TPSA) is 58.6 Å². The van der Waals surface area contributed by atoms with E-state index in [9.17, 15) is 9.90 Å². The highest BCUT2D eigenvalue weighted by Gasteiger charge is 2.74. The van der Waals surface area contributed by atoms with Gasteiger partial charge in [-0.2, -0.15) is 0 Å². The molecule has 0 aromatic heterocycles. The molecule has 0 heterocycles. The standard InChI is InChI=1S/C23H45NO3/c1-17(2,3)15-19(7,8)20(9,10)23(14,21(11,12)22(15,13)26)24-16(25)27-18(4,5)6/h15,26H,1-14H3,(H,24,25)/t15-,22+,23-/m1/s1. The summed E-state index contributed by atoms with van der Waals surface area (Å²) in [5.41, 5.74) is -3.56. The molecule has 1 aliphatic rings. The Labute approximate surface area is 167 Å². The molecule has 0 spiro atoms. The number of aliphatic hydroxyl groups is 1. The van der Waals surface area contributed by atoms with Gasteiger partial charge in [0.1, 0.15) is 5.60 Å². The van der Waals surface area contributed by atoms with Gasteiger partial charge >= 0.3 is 6.09 Å². The molecule has 27 heavy (non-hydrogen) atoms. The Morgan fingerprint density at radius 1 is 0.852 bits per heavy atom. The van der Waals surface area contributed by atoms with Gasteiger partial charge in [-0.05, 0) is 56.8 Å². The molecule has 1 saturated carbocycles. The summed E-state index contributed by atoms with van der Waals surface area (Å²) in [4.78, 5) is 12.8. The monoisotopic (exact) mass is 383 g/mol. The Morgan fingerprint density at radius 2 is 1.26 bits per heavy atom. The van der Waals surface area contributed by atoms with Crippen LogP contribution < -0.4 is 5.32 Å². The molecule has 3 atom stereocenters. The van der Waals surface area contributed by atoms with Crippen molar-refractivity contribution < 1.29 is 14.6 Å². The molecule has 0 aromatic carbocycles. The van der Waals surface area contributed by atoms with Gasteiger partial charge in [0.15, 0.2) is 0 Å². The average Bonchev–Trinajstić information content (AvgIpc) is 2.30. The Balaban J connectivity index is 3.65. The molecule has 1 aliphatic carbocycles. The normalized spacial score (nSPS) is 35.4. The van der Waals surface area contributed by atoms with Crippen molar-refractivity contribution in [2.24, 2.45) is 27.6 Å². The van der Waals surface area contributed by atoms with Gasteiger partial charge in [0.2, 0.25) is 0 Å². The van der Waals surface area contributed by atoms with Crippen LogP contribution in [0.1, 0.15) is 96.9 Å². The van der Waals surface area contributed by atoms with Gasteiger partial charge in [0.05, 0.1) is 11.1 Å². The predicted octanol–water partition coefficient (Wildman–Crippen LogP) is 5.78. The Bertz CT molecular complexity index is 558. The minimum Gasteiger partial charge on any atom is -0.444 e. The van der Waals surface area contributed by atoms with Crippen LogP contribution in [0.5, 0.6) is 0 Å². The third-order valence-electron chi connectivity index (χ3n) is 8.28. The number of carbonyl (C=O) groups is 1. The van der Waals surface area contributed by atoms with E-state index in [1.54, 1.807) is 0 Å². The van der Waals surface area contributed by atoms with Crippen LogP contribution in [-0.4, -0.2) is 27.9 Å². The fraction of sp³-hybridized carbons (Fsp3) is 0.957. The van der Waals surface area contributed by atoms with E-state index < -0.39 is 28.2 Å². The maximum Gasteiger partial charge on any atom is 0.408 e. The molecule has 0 saturated heterocycles. The summed E-state index contributed by atoms with van der Waals surface area (Å²) in [6.45, 7) is 29.2. The van der Waals surface area contributed by atoms with E-state index in [0.717, 1.165) is 0 Å². The molecular weight excluding hydrogens is 338 g/mol. The van der Waals surface area contributed by atoms with Crippen LogP contribution in [0.25, 0.3) is 0 Å².